The fraction of sp³-hybridized carbons (Fsp3) is 0.857. The van der Waals surface area contributed by atoms with E-state index < -0.39 is 0 Å². The van der Waals surface area contributed by atoms with Crippen LogP contribution in [0.3, 0.4) is 0 Å². The molecule has 1 heteroatoms. The van der Waals surface area contributed by atoms with Crippen LogP contribution in [0.2, 0.25) is 0 Å². The molecule has 0 aliphatic heterocycles. The lowest BCUT2D eigenvalue weighted by atomic mass is 9.87. The molecule has 0 saturated carbocycles. The molecular formula is C14H28O. The lowest BCUT2D eigenvalue weighted by molar-refractivity contribution is 0.0987. The summed E-state index contributed by atoms with van der Waals surface area (Å²) in [7, 11) is 0. The summed E-state index contributed by atoms with van der Waals surface area (Å²) in [5.74, 6) is 1.12. The standard InChI is InChI=1S/C14H28O/c1-11(2)15-12(14(6,7)8)9-10-13(3,4)5/h9,11H,10H2,1-8H3/b12-9-. The van der Waals surface area contributed by atoms with Crippen LogP contribution in [0.5, 0.6) is 0 Å². The topological polar surface area (TPSA) is 9.23 Å². The highest BCUT2D eigenvalue weighted by molar-refractivity contribution is 5.04. The normalized spacial score (nSPS) is 14.6. The van der Waals surface area contributed by atoms with E-state index in [1.807, 2.05) is 0 Å². The maximum absolute atomic E-state index is 5.87. The summed E-state index contributed by atoms with van der Waals surface area (Å²) < 4.78 is 5.87. The molecule has 90 valence electrons. The summed E-state index contributed by atoms with van der Waals surface area (Å²) in [5, 5.41) is 0. The van der Waals surface area contributed by atoms with Crippen molar-refractivity contribution in [2.24, 2.45) is 10.8 Å². The second kappa shape index (κ2) is 5.05. The van der Waals surface area contributed by atoms with Crippen LogP contribution in [0.25, 0.3) is 0 Å². The van der Waals surface area contributed by atoms with Gasteiger partial charge in [-0.25, -0.2) is 0 Å². The highest BCUT2D eigenvalue weighted by Crippen LogP contribution is 2.30. The van der Waals surface area contributed by atoms with E-state index in [4.69, 9.17) is 4.74 Å². The van der Waals surface area contributed by atoms with Crippen LogP contribution < -0.4 is 0 Å². The van der Waals surface area contributed by atoms with Crippen LogP contribution in [-0.2, 0) is 4.74 Å². The van der Waals surface area contributed by atoms with E-state index in [1.54, 1.807) is 0 Å². The Balaban J connectivity index is 4.64. The van der Waals surface area contributed by atoms with Crippen LogP contribution in [0, 0.1) is 10.8 Å². The fourth-order valence-electron chi connectivity index (χ4n) is 1.18. The zero-order valence-corrected chi connectivity index (χ0v) is 11.8. The van der Waals surface area contributed by atoms with Crippen molar-refractivity contribution in [1.29, 1.82) is 0 Å². The quantitative estimate of drug-likeness (QED) is 0.612. The first kappa shape index (κ1) is 14.5. The van der Waals surface area contributed by atoms with E-state index in [0.29, 0.717) is 5.41 Å². The summed E-state index contributed by atoms with van der Waals surface area (Å²) in [4.78, 5) is 0. The Bertz CT molecular complexity index is 210. The highest BCUT2D eigenvalue weighted by atomic mass is 16.5. The van der Waals surface area contributed by atoms with Crippen molar-refractivity contribution in [3.8, 4) is 0 Å². The van der Waals surface area contributed by atoms with E-state index in [9.17, 15) is 0 Å². The van der Waals surface area contributed by atoms with Gasteiger partial charge in [-0.05, 0) is 31.8 Å². The Morgan fingerprint density at radius 1 is 1.07 bits per heavy atom. The fourth-order valence-corrected chi connectivity index (χ4v) is 1.18. The van der Waals surface area contributed by atoms with Crippen LogP contribution >= 0.6 is 0 Å². The monoisotopic (exact) mass is 212 g/mol. The highest BCUT2D eigenvalue weighted by Gasteiger charge is 2.20. The molecule has 0 fully saturated rings. The Kier molecular flexibility index (Phi) is 4.89. The van der Waals surface area contributed by atoms with Crippen LogP contribution in [0.15, 0.2) is 11.8 Å². The smallest absolute Gasteiger partial charge is 0.0977 e. The summed E-state index contributed by atoms with van der Waals surface area (Å²) in [5.41, 5.74) is 0.437. The average Bonchev–Trinajstić information content (AvgIpc) is 1.93. The van der Waals surface area contributed by atoms with Crippen molar-refractivity contribution >= 4 is 0 Å². The molecule has 0 aromatic carbocycles. The van der Waals surface area contributed by atoms with Crippen molar-refractivity contribution in [2.45, 2.75) is 67.9 Å². The molecule has 0 amide bonds. The van der Waals surface area contributed by atoms with Gasteiger partial charge in [-0.15, -0.1) is 0 Å². The molecule has 0 aliphatic carbocycles. The molecule has 0 rings (SSSR count). The van der Waals surface area contributed by atoms with Gasteiger partial charge in [0.25, 0.3) is 0 Å². The van der Waals surface area contributed by atoms with Gasteiger partial charge in [0.1, 0.15) is 0 Å². The minimum absolute atomic E-state index is 0.107. The predicted octanol–water partition coefficient (Wildman–Crippen LogP) is 4.78. The molecule has 0 N–H and O–H groups in total. The van der Waals surface area contributed by atoms with Gasteiger partial charge in [-0.3, -0.25) is 0 Å². The molecule has 0 aromatic heterocycles. The van der Waals surface area contributed by atoms with E-state index in [0.717, 1.165) is 12.2 Å². The molecule has 0 aliphatic rings. The van der Waals surface area contributed by atoms with E-state index in [1.165, 1.54) is 0 Å². The first-order valence-corrected chi connectivity index (χ1v) is 5.90. The van der Waals surface area contributed by atoms with Crippen LogP contribution in [-0.4, -0.2) is 6.10 Å². The Morgan fingerprint density at radius 2 is 1.53 bits per heavy atom. The third-order valence-corrected chi connectivity index (χ3v) is 2.00. The second-order valence-corrected chi connectivity index (χ2v) is 6.75. The molecular weight excluding hydrogens is 184 g/mol. The molecule has 0 radical (unpaired) electrons. The number of ether oxygens (including phenoxy) is 1. The lowest BCUT2D eigenvalue weighted by Crippen LogP contribution is -2.17. The number of hydrogen-bond donors (Lipinski definition) is 0. The van der Waals surface area contributed by atoms with Gasteiger partial charge in [0.05, 0.1) is 11.9 Å². The number of hydrogen-bond acceptors (Lipinski definition) is 1. The van der Waals surface area contributed by atoms with E-state index in [2.05, 4.69) is 61.5 Å². The third-order valence-electron chi connectivity index (χ3n) is 2.00. The molecule has 0 heterocycles. The summed E-state index contributed by atoms with van der Waals surface area (Å²) in [6, 6.07) is 0. The Morgan fingerprint density at radius 3 is 1.80 bits per heavy atom. The first-order chi connectivity index (χ1) is 6.52. The van der Waals surface area contributed by atoms with Gasteiger partial charge in [-0.1, -0.05) is 41.5 Å². The van der Waals surface area contributed by atoms with Crippen molar-refractivity contribution < 1.29 is 4.74 Å². The molecule has 0 bridgehead atoms. The largest absolute Gasteiger partial charge is 0.495 e. The Labute approximate surface area is 95.9 Å². The van der Waals surface area contributed by atoms with Gasteiger partial charge in [0, 0.05) is 5.41 Å². The van der Waals surface area contributed by atoms with E-state index in [-0.39, 0.29) is 11.5 Å². The number of allylic oxidation sites excluding steroid dienone is 2. The van der Waals surface area contributed by atoms with Gasteiger partial charge >= 0.3 is 0 Å². The second-order valence-electron chi connectivity index (χ2n) is 6.75. The summed E-state index contributed by atoms with van der Waals surface area (Å²) >= 11 is 0. The lowest BCUT2D eigenvalue weighted by Gasteiger charge is -2.27. The molecule has 15 heavy (non-hydrogen) atoms. The molecule has 0 unspecified atom stereocenters. The molecule has 0 atom stereocenters. The van der Waals surface area contributed by atoms with Crippen molar-refractivity contribution in [3.63, 3.8) is 0 Å². The van der Waals surface area contributed by atoms with E-state index >= 15 is 0 Å². The van der Waals surface area contributed by atoms with Crippen molar-refractivity contribution in [2.75, 3.05) is 0 Å². The molecule has 1 nitrogen and oxygen atoms in total. The van der Waals surface area contributed by atoms with Gasteiger partial charge in [0.2, 0.25) is 0 Å². The van der Waals surface area contributed by atoms with Crippen molar-refractivity contribution in [1.82, 2.24) is 0 Å². The number of rotatable bonds is 3. The maximum atomic E-state index is 5.87. The minimum atomic E-state index is 0.107. The Hall–Kier alpha value is -0.460. The predicted molar refractivity (Wildman–Crippen MR) is 67.8 cm³/mol. The molecule has 0 saturated heterocycles. The van der Waals surface area contributed by atoms with Gasteiger partial charge in [0.15, 0.2) is 0 Å². The molecule has 0 spiro atoms. The van der Waals surface area contributed by atoms with Crippen molar-refractivity contribution in [3.05, 3.63) is 11.8 Å². The third kappa shape index (κ3) is 7.47. The molecule has 0 aromatic rings. The minimum Gasteiger partial charge on any atom is -0.495 e. The SMILES string of the molecule is CC(C)O/C(=C\CC(C)(C)C)C(C)(C)C. The zero-order valence-electron chi connectivity index (χ0n) is 11.8. The summed E-state index contributed by atoms with van der Waals surface area (Å²) in [6.07, 6.45) is 3.57. The van der Waals surface area contributed by atoms with Crippen LogP contribution in [0.4, 0.5) is 0 Å². The first-order valence-electron chi connectivity index (χ1n) is 5.90. The van der Waals surface area contributed by atoms with Gasteiger partial charge in [-0.2, -0.15) is 0 Å². The van der Waals surface area contributed by atoms with Crippen LogP contribution in [0.1, 0.15) is 61.8 Å². The maximum Gasteiger partial charge on any atom is 0.0977 e. The van der Waals surface area contributed by atoms with Gasteiger partial charge < -0.3 is 4.74 Å². The zero-order chi connectivity index (χ0) is 12.3. The average molecular weight is 212 g/mol. The summed E-state index contributed by atoms with van der Waals surface area (Å²) in [6.45, 7) is 17.5.